The molecule has 0 N–H and O–H groups in total. The van der Waals surface area contributed by atoms with Gasteiger partial charge in [-0.2, -0.15) is 0 Å². The van der Waals surface area contributed by atoms with Crippen LogP contribution in [0.3, 0.4) is 0 Å². The molecule has 0 amide bonds. The molecule has 0 saturated carbocycles. The van der Waals surface area contributed by atoms with E-state index >= 15 is 0 Å². The molecule has 3 heterocycles. The number of aromatic nitrogens is 8. The zero-order valence-electron chi connectivity index (χ0n) is 36.2. The minimum absolute atomic E-state index is 0.483. The van der Waals surface area contributed by atoms with Crippen LogP contribution in [0, 0.1) is 6.92 Å². The van der Waals surface area contributed by atoms with Gasteiger partial charge in [0.2, 0.25) is 5.82 Å². The lowest BCUT2D eigenvalue weighted by molar-refractivity contribution is 0.396. The van der Waals surface area contributed by atoms with Crippen molar-refractivity contribution in [2.45, 2.75) is 84.3 Å². The first-order valence-corrected chi connectivity index (χ1v) is 22.2. The standard InChI is InChI=1S/C54H54N8/c1-5-19-46(20-6-2)60-37-49(55-38-60)42-34-39(4)52-50(35-42)61(51(56-52)21-7-3)36-40-30-32-41(33-31-40)47-28-17-18-29-48(47)53-57-59-62(58-53)54(43-22-11-8-12-23-43,44-24-13-9-14-25-44)45-26-15-10-16-27-45/h8-18,22-35,37-38,46H,5-7,19-21,36H2,1-4H3. The molecule has 3 aromatic heterocycles. The van der Waals surface area contributed by atoms with E-state index in [0.717, 1.165) is 107 Å². The molecule has 0 unspecified atom stereocenters. The normalized spacial score (nSPS) is 11.8. The number of hydrogen-bond donors (Lipinski definition) is 0. The van der Waals surface area contributed by atoms with Crippen LogP contribution in [-0.2, 0) is 18.5 Å². The van der Waals surface area contributed by atoms with Crippen molar-refractivity contribution in [3.63, 3.8) is 0 Å². The maximum absolute atomic E-state index is 5.23. The van der Waals surface area contributed by atoms with Crippen LogP contribution < -0.4 is 0 Å². The topological polar surface area (TPSA) is 79.2 Å². The van der Waals surface area contributed by atoms with Crippen molar-refractivity contribution in [1.29, 1.82) is 0 Å². The van der Waals surface area contributed by atoms with Crippen LogP contribution in [0.1, 0.15) is 92.6 Å². The number of tetrazole rings is 1. The molecule has 310 valence electrons. The molecule has 62 heavy (non-hydrogen) atoms. The molecular formula is C54H54N8. The van der Waals surface area contributed by atoms with Crippen molar-refractivity contribution in [1.82, 2.24) is 39.3 Å². The second kappa shape index (κ2) is 18.0. The van der Waals surface area contributed by atoms with Crippen molar-refractivity contribution in [3.05, 3.63) is 198 Å². The molecule has 0 atom stereocenters. The van der Waals surface area contributed by atoms with Crippen molar-refractivity contribution in [3.8, 4) is 33.8 Å². The summed E-state index contributed by atoms with van der Waals surface area (Å²) in [5.74, 6) is 1.67. The summed E-state index contributed by atoms with van der Waals surface area (Å²) in [4.78, 5) is 11.9. The van der Waals surface area contributed by atoms with Gasteiger partial charge in [0, 0.05) is 36.3 Å². The molecule has 0 aliphatic heterocycles. The molecule has 0 aliphatic rings. The number of rotatable bonds is 16. The maximum Gasteiger partial charge on any atom is 0.205 e. The van der Waals surface area contributed by atoms with Gasteiger partial charge in [0.05, 0.1) is 23.1 Å². The number of imidazole rings is 2. The van der Waals surface area contributed by atoms with E-state index in [9.17, 15) is 0 Å². The fourth-order valence-corrected chi connectivity index (χ4v) is 9.22. The van der Waals surface area contributed by atoms with Crippen LogP contribution in [0.2, 0.25) is 0 Å². The molecule has 0 spiro atoms. The Kier molecular flexibility index (Phi) is 11.7. The van der Waals surface area contributed by atoms with Crippen molar-refractivity contribution in [2.24, 2.45) is 0 Å². The Hall–Kier alpha value is -6.93. The zero-order valence-corrected chi connectivity index (χ0v) is 36.2. The lowest BCUT2D eigenvalue weighted by atomic mass is 9.77. The summed E-state index contributed by atoms with van der Waals surface area (Å²) in [6.07, 6.45) is 10.8. The third-order valence-electron chi connectivity index (χ3n) is 12.2. The first kappa shape index (κ1) is 40.5. The summed E-state index contributed by atoms with van der Waals surface area (Å²) >= 11 is 0. The first-order valence-electron chi connectivity index (χ1n) is 22.2. The van der Waals surface area contributed by atoms with Gasteiger partial charge in [-0.05, 0) is 82.5 Å². The van der Waals surface area contributed by atoms with Gasteiger partial charge in [-0.15, -0.1) is 15.0 Å². The van der Waals surface area contributed by atoms with Crippen LogP contribution in [-0.4, -0.2) is 39.3 Å². The maximum atomic E-state index is 5.23. The van der Waals surface area contributed by atoms with Crippen LogP contribution in [0.5, 0.6) is 0 Å². The van der Waals surface area contributed by atoms with Gasteiger partial charge in [-0.1, -0.05) is 173 Å². The van der Waals surface area contributed by atoms with E-state index in [1.54, 1.807) is 4.80 Å². The molecule has 8 heteroatoms. The van der Waals surface area contributed by atoms with E-state index in [4.69, 9.17) is 25.4 Å². The van der Waals surface area contributed by atoms with E-state index in [2.05, 4.69) is 170 Å². The van der Waals surface area contributed by atoms with Gasteiger partial charge >= 0.3 is 0 Å². The smallest absolute Gasteiger partial charge is 0.205 e. The largest absolute Gasteiger partial charge is 0.334 e. The second-order valence-corrected chi connectivity index (χ2v) is 16.4. The van der Waals surface area contributed by atoms with Crippen molar-refractivity contribution < 1.29 is 0 Å². The Labute approximate surface area is 365 Å². The first-order chi connectivity index (χ1) is 30.5. The highest BCUT2D eigenvalue weighted by Gasteiger charge is 2.41. The Balaban J connectivity index is 1.06. The second-order valence-electron chi connectivity index (χ2n) is 16.4. The molecule has 0 bridgehead atoms. The molecule has 0 aliphatic carbocycles. The number of benzene rings is 6. The number of fused-ring (bicyclic) bond motifs is 1. The minimum atomic E-state index is -0.854. The average Bonchev–Trinajstić information content (AvgIpc) is 4.09. The molecule has 9 rings (SSSR count). The Morgan fingerprint density at radius 1 is 0.629 bits per heavy atom. The van der Waals surface area contributed by atoms with Crippen LogP contribution in [0.4, 0.5) is 0 Å². The van der Waals surface area contributed by atoms with E-state index in [1.807, 2.05) is 30.6 Å². The lowest BCUT2D eigenvalue weighted by Gasteiger charge is -2.34. The zero-order chi connectivity index (χ0) is 42.5. The fourth-order valence-electron chi connectivity index (χ4n) is 9.22. The van der Waals surface area contributed by atoms with Gasteiger partial charge in [0.1, 0.15) is 5.82 Å². The Bertz CT molecular complexity index is 2770. The third-order valence-corrected chi connectivity index (χ3v) is 12.2. The highest BCUT2D eigenvalue weighted by atomic mass is 15.6. The summed E-state index contributed by atoms with van der Waals surface area (Å²) in [6.45, 7) is 9.65. The van der Waals surface area contributed by atoms with E-state index < -0.39 is 5.54 Å². The molecule has 9 aromatic rings. The van der Waals surface area contributed by atoms with E-state index in [1.165, 1.54) is 11.1 Å². The summed E-state index contributed by atoms with van der Waals surface area (Å²) in [6, 6.07) is 53.7. The predicted molar refractivity (Wildman–Crippen MR) is 251 cm³/mol. The van der Waals surface area contributed by atoms with Gasteiger partial charge in [-0.3, -0.25) is 0 Å². The Morgan fingerprint density at radius 2 is 1.23 bits per heavy atom. The summed E-state index contributed by atoms with van der Waals surface area (Å²) in [5, 5.41) is 14.8. The van der Waals surface area contributed by atoms with E-state index in [0.29, 0.717) is 11.9 Å². The van der Waals surface area contributed by atoms with Crippen molar-refractivity contribution in [2.75, 3.05) is 0 Å². The molecule has 0 saturated heterocycles. The third kappa shape index (κ3) is 7.66. The highest BCUT2D eigenvalue weighted by Crippen LogP contribution is 2.41. The minimum Gasteiger partial charge on any atom is -0.334 e. The molecule has 8 nitrogen and oxygen atoms in total. The van der Waals surface area contributed by atoms with Crippen molar-refractivity contribution >= 4 is 11.0 Å². The van der Waals surface area contributed by atoms with E-state index in [-0.39, 0.29) is 0 Å². The quantitative estimate of drug-likeness (QED) is 0.0908. The Morgan fingerprint density at radius 3 is 1.82 bits per heavy atom. The number of nitrogens with zero attached hydrogens (tertiary/aromatic N) is 8. The molecular weight excluding hydrogens is 761 g/mol. The highest BCUT2D eigenvalue weighted by molar-refractivity contribution is 5.85. The van der Waals surface area contributed by atoms with Gasteiger partial charge in [0.25, 0.3) is 0 Å². The SMILES string of the molecule is CCCc1nc2c(C)cc(-c3cn(C(CCC)CCC)cn3)cc2n1Cc1ccc(-c2ccccc2-c2nnn(C(c3ccccc3)(c3ccccc3)c3ccccc3)n2)cc1. The summed E-state index contributed by atoms with van der Waals surface area (Å²) < 4.78 is 4.74. The van der Waals surface area contributed by atoms with Crippen LogP contribution >= 0.6 is 0 Å². The summed E-state index contributed by atoms with van der Waals surface area (Å²) in [5.41, 5.74) is 12.1. The summed E-state index contributed by atoms with van der Waals surface area (Å²) in [7, 11) is 0. The predicted octanol–water partition coefficient (Wildman–Crippen LogP) is 12.5. The van der Waals surface area contributed by atoms with Gasteiger partial charge in [-0.25, -0.2) is 9.97 Å². The average molecular weight is 815 g/mol. The molecule has 0 fully saturated rings. The lowest BCUT2D eigenvalue weighted by Crippen LogP contribution is -2.39. The number of aryl methyl sites for hydroxylation is 2. The number of hydrogen-bond acceptors (Lipinski definition) is 5. The van der Waals surface area contributed by atoms with Crippen LogP contribution in [0.15, 0.2) is 164 Å². The fraction of sp³-hybridized carbons (Fsp3) is 0.241. The monoisotopic (exact) mass is 814 g/mol. The van der Waals surface area contributed by atoms with Crippen LogP contribution in [0.25, 0.3) is 44.8 Å². The van der Waals surface area contributed by atoms with Gasteiger partial charge < -0.3 is 9.13 Å². The molecule has 6 aromatic carbocycles. The van der Waals surface area contributed by atoms with Gasteiger partial charge in [0.15, 0.2) is 5.54 Å². The molecule has 0 radical (unpaired) electrons.